The summed E-state index contributed by atoms with van der Waals surface area (Å²) in [5.74, 6) is 0. The highest BCUT2D eigenvalue weighted by Crippen LogP contribution is 2.19. The van der Waals surface area contributed by atoms with Gasteiger partial charge in [-0.25, -0.2) is 0 Å². The van der Waals surface area contributed by atoms with Crippen LogP contribution in [0.1, 0.15) is 37.8 Å². The average Bonchev–Trinajstić information content (AvgIpc) is 2.14. The zero-order valence-electron chi connectivity index (χ0n) is 8.37. The fourth-order valence-corrected chi connectivity index (χ4v) is 1.53. The van der Waals surface area contributed by atoms with Gasteiger partial charge in [-0.3, -0.25) is 0 Å². The summed E-state index contributed by atoms with van der Waals surface area (Å²) in [5, 5.41) is 0.768. The van der Waals surface area contributed by atoms with Gasteiger partial charge in [0.05, 0.1) is 0 Å². The lowest BCUT2D eigenvalue weighted by Crippen LogP contribution is -2.09. The number of unbranched alkanes of at least 4 members (excludes halogenated alkanes) is 1. The normalized spacial score (nSPS) is 11.9. The first-order valence-electron chi connectivity index (χ1n) is 4.75. The molecule has 1 aromatic carbocycles. The van der Waals surface area contributed by atoms with Crippen LogP contribution >= 0.6 is 24.0 Å². The lowest BCUT2D eigenvalue weighted by molar-refractivity contribution is 0.603. The summed E-state index contributed by atoms with van der Waals surface area (Å²) >= 11 is 5.87. The Labute approximate surface area is 97.1 Å². The van der Waals surface area contributed by atoms with Crippen LogP contribution < -0.4 is 5.73 Å². The molecule has 0 saturated heterocycles. The largest absolute Gasteiger partial charge is 0.324 e. The predicted octanol–water partition coefficient (Wildman–Crippen LogP) is 3.95. The molecule has 80 valence electrons. The molecule has 0 aliphatic rings. The molecule has 14 heavy (non-hydrogen) atoms. The highest BCUT2D eigenvalue weighted by atomic mass is 35.5. The molecule has 1 unspecified atom stereocenters. The molecule has 2 N–H and O–H groups in total. The SMILES string of the molecule is CCCCC(N)c1cccc(Cl)c1.Cl. The van der Waals surface area contributed by atoms with E-state index in [9.17, 15) is 0 Å². The maximum atomic E-state index is 5.99. The molecule has 0 aromatic heterocycles. The number of benzene rings is 1. The predicted molar refractivity (Wildman–Crippen MR) is 65.2 cm³/mol. The number of rotatable bonds is 4. The summed E-state index contributed by atoms with van der Waals surface area (Å²) in [6.07, 6.45) is 3.40. The molecule has 0 radical (unpaired) electrons. The van der Waals surface area contributed by atoms with Crippen molar-refractivity contribution in [1.29, 1.82) is 0 Å². The van der Waals surface area contributed by atoms with Crippen LogP contribution in [0.15, 0.2) is 24.3 Å². The molecule has 0 bridgehead atoms. The van der Waals surface area contributed by atoms with Crippen molar-refractivity contribution in [3.05, 3.63) is 34.9 Å². The Kier molecular flexibility index (Phi) is 6.98. The molecule has 0 heterocycles. The van der Waals surface area contributed by atoms with E-state index in [4.69, 9.17) is 17.3 Å². The van der Waals surface area contributed by atoms with Crippen LogP contribution in [0.3, 0.4) is 0 Å². The Morgan fingerprint density at radius 2 is 2.14 bits per heavy atom. The highest BCUT2D eigenvalue weighted by Gasteiger charge is 2.04. The minimum absolute atomic E-state index is 0. The van der Waals surface area contributed by atoms with Gasteiger partial charge in [0.15, 0.2) is 0 Å². The fraction of sp³-hybridized carbons (Fsp3) is 0.455. The van der Waals surface area contributed by atoms with Gasteiger partial charge in [0, 0.05) is 11.1 Å². The van der Waals surface area contributed by atoms with Gasteiger partial charge < -0.3 is 5.73 Å². The summed E-state index contributed by atoms with van der Waals surface area (Å²) < 4.78 is 0. The van der Waals surface area contributed by atoms with Crippen LogP contribution in [0.5, 0.6) is 0 Å². The van der Waals surface area contributed by atoms with Gasteiger partial charge in [0.2, 0.25) is 0 Å². The van der Waals surface area contributed by atoms with Crippen LogP contribution in [-0.4, -0.2) is 0 Å². The third-order valence-corrected chi connectivity index (χ3v) is 2.38. The van der Waals surface area contributed by atoms with Crippen molar-refractivity contribution < 1.29 is 0 Å². The quantitative estimate of drug-likeness (QED) is 0.838. The lowest BCUT2D eigenvalue weighted by atomic mass is 10.0. The van der Waals surface area contributed by atoms with Gasteiger partial charge in [0.1, 0.15) is 0 Å². The van der Waals surface area contributed by atoms with Crippen molar-refractivity contribution in [2.45, 2.75) is 32.2 Å². The van der Waals surface area contributed by atoms with Crippen molar-refractivity contribution in [2.75, 3.05) is 0 Å². The minimum Gasteiger partial charge on any atom is -0.324 e. The highest BCUT2D eigenvalue weighted by molar-refractivity contribution is 6.30. The van der Waals surface area contributed by atoms with Crippen LogP contribution in [0, 0.1) is 0 Å². The van der Waals surface area contributed by atoms with Gasteiger partial charge >= 0.3 is 0 Å². The van der Waals surface area contributed by atoms with E-state index >= 15 is 0 Å². The summed E-state index contributed by atoms with van der Waals surface area (Å²) in [5.41, 5.74) is 7.13. The van der Waals surface area contributed by atoms with Gasteiger partial charge in [0.25, 0.3) is 0 Å². The van der Waals surface area contributed by atoms with Gasteiger partial charge in [-0.15, -0.1) is 12.4 Å². The second-order valence-electron chi connectivity index (χ2n) is 3.30. The minimum atomic E-state index is 0. The molecular formula is C11H17Cl2N. The molecule has 0 aliphatic carbocycles. The Hall–Kier alpha value is -0.240. The van der Waals surface area contributed by atoms with Crippen LogP contribution in [0.2, 0.25) is 5.02 Å². The number of hydrogen-bond donors (Lipinski definition) is 1. The molecule has 1 rings (SSSR count). The van der Waals surface area contributed by atoms with E-state index in [2.05, 4.69) is 6.92 Å². The van der Waals surface area contributed by atoms with E-state index in [1.165, 1.54) is 12.8 Å². The number of nitrogens with two attached hydrogens (primary N) is 1. The van der Waals surface area contributed by atoms with Crippen molar-refractivity contribution >= 4 is 24.0 Å². The average molecular weight is 234 g/mol. The first-order valence-corrected chi connectivity index (χ1v) is 5.13. The molecule has 1 nitrogen and oxygen atoms in total. The molecule has 0 spiro atoms. The van der Waals surface area contributed by atoms with Crippen molar-refractivity contribution in [3.8, 4) is 0 Å². The van der Waals surface area contributed by atoms with E-state index in [-0.39, 0.29) is 18.4 Å². The van der Waals surface area contributed by atoms with Crippen molar-refractivity contribution in [1.82, 2.24) is 0 Å². The van der Waals surface area contributed by atoms with E-state index in [0.717, 1.165) is 17.0 Å². The molecule has 0 fully saturated rings. The van der Waals surface area contributed by atoms with Gasteiger partial charge in [-0.2, -0.15) is 0 Å². The first-order chi connectivity index (χ1) is 6.24. The topological polar surface area (TPSA) is 26.0 Å². The van der Waals surface area contributed by atoms with E-state index in [0.29, 0.717) is 0 Å². The van der Waals surface area contributed by atoms with Gasteiger partial charge in [-0.05, 0) is 24.1 Å². The number of hydrogen-bond acceptors (Lipinski definition) is 1. The number of halogens is 2. The third-order valence-electron chi connectivity index (χ3n) is 2.15. The zero-order valence-corrected chi connectivity index (χ0v) is 9.94. The molecular weight excluding hydrogens is 217 g/mol. The molecule has 0 amide bonds. The molecule has 0 saturated carbocycles. The molecule has 3 heteroatoms. The summed E-state index contributed by atoms with van der Waals surface area (Å²) in [4.78, 5) is 0. The Morgan fingerprint density at radius 3 is 2.71 bits per heavy atom. The molecule has 1 aromatic rings. The second kappa shape index (κ2) is 7.10. The van der Waals surface area contributed by atoms with E-state index in [1.54, 1.807) is 0 Å². The summed E-state index contributed by atoms with van der Waals surface area (Å²) in [6.45, 7) is 2.17. The molecule has 0 aliphatic heterocycles. The monoisotopic (exact) mass is 233 g/mol. The summed E-state index contributed by atoms with van der Waals surface area (Å²) in [7, 11) is 0. The third kappa shape index (κ3) is 4.32. The van der Waals surface area contributed by atoms with Crippen molar-refractivity contribution in [2.24, 2.45) is 5.73 Å². The Balaban J connectivity index is 0.00000169. The summed E-state index contributed by atoms with van der Waals surface area (Å²) in [6, 6.07) is 7.94. The van der Waals surface area contributed by atoms with Crippen LogP contribution in [0.4, 0.5) is 0 Å². The van der Waals surface area contributed by atoms with Gasteiger partial charge in [-0.1, -0.05) is 43.5 Å². The lowest BCUT2D eigenvalue weighted by Gasteiger charge is -2.11. The maximum absolute atomic E-state index is 5.99. The molecule has 1 atom stereocenters. The Bertz CT molecular complexity index is 263. The second-order valence-corrected chi connectivity index (χ2v) is 3.74. The van der Waals surface area contributed by atoms with Crippen molar-refractivity contribution in [3.63, 3.8) is 0 Å². The van der Waals surface area contributed by atoms with Crippen LogP contribution in [-0.2, 0) is 0 Å². The zero-order chi connectivity index (χ0) is 9.68. The fourth-order valence-electron chi connectivity index (χ4n) is 1.33. The smallest absolute Gasteiger partial charge is 0.0409 e. The Morgan fingerprint density at radius 1 is 1.43 bits per heavy atom. The van der Waals surface area contributed by atoms with E-state index < -0.39 is 0 Å². The van der Waals surface area contributed by atoms with E-state index in [1.807, 2.05) is 24.3 Å². The first kappa shape index (κ1) is 13.8. The maximum Gasteiger partial charge on any atom is 0.0409 e. The standard InChI is InChI=1S/C11H16ClN.ClH/c1-2-3-7-11(13)9-5-4-6-10(12)8-9;/h4-6,8,11H,2-3,7,13H2,1H3;1H. The van der Waals surface area contributed by atoms with Crippen LogP contribution in [0.25, 0.3) is 0 Å².